The third-order valence-electron chi connectivity index (χ3n) is 1.46. The number of rotatable bonds is 2. The van der Waals surface area contributed by atoms with Crippen LogP contribution in [0.5, 0.6) is 5.75 Å². The SMILES string of the molecule is NS(=O)(=O)Oc1cc(C(F)(F)F)ccc1F. The van der Waals surface area contributed by atoms with Crippen LogP contribution in [0.2, 0.25) is 0 Å². The van der Waals surface area contributed by atoms with Crippen molar-refractivity contribution in [1.82, 2.24) is 0 Å². The Labute approximate surface area is 87.9 Å². The first-order valence-electron chi connectivity index (χ1n) is 3.68. The summed E-state index contributed by atoms with van der Waals surface area (Å²) in [6.07, 6.45) is -4.73. The maximum absolute atomic E-state index is 12.9. The van der Waals surface area contributed by atoms with Crippen molar-refractivity contribution in [2.75, 3.05) is 0 Å². The van der Waals surface area contributed by atoms with Crippen molar-refractivity contribution < 1.29 is 30.2 Å². The van der Waals surface area contributed by atoms with E-state index in [1.54, 1.807) is 0 Å². The van der Waals surface area contributed by atoms with E-state index in [0.29, 0.717) is 12.1 Å². The molecule has 1 rings (SSSR count). The molecule has 0 aliphatic rings. The Bertz CT molecular complexity index is 497. The van der Waals surface area contributed by atoms with E-state index in [-0.39, 0.29) is 6.07 Å². The standard InChI is InChI=1S/C7H5F4NO3S/c8-5-2-1-4(7(9,10)11)3-6(5)15-16(12,13)14/h1-3H,(H2,12,13,14). The molecule has 0 atom stereocenters. The van der Waals surface area contributed by atoms with Gasteiger partial charge in [-0.25, -0.2) is 4.39 Å². The molecule has 0 unspecified atom stereocenters. The Hall–Kier alpha value is -1.35. The topological polar surface area (TPSA) is 69.4 Å². The van der Waals surface area contributed by atoms with Gasteiger partial charge in [0.1, 0.15) is 0 Å². The van der Waals surface area contributed by atoms with Gasteiger partial charge >= 0.3 is 16.5 Å². The summed E-state index contributed by atoms with van der Waals surface area (Å²) in [7, 11) is -4.57. The number of nitrogens with two attached hydrogens (primary N) is 1. The highest BCUT2D eigenvalue weighted by Crippen LogP contribution is 2.32. The fourth-order valence-corrected chi connectivity index (χ4v) is 1.25. The highest BCUT2D eigenvalue weighted by molar-refractivity contribution is 7.84. The average Bonchev–Trinajstić information content (AvgIpc) is 2.04. The summed E-state index contributed by atoms with van der Waals surface area (Å²) in [4.78, 5) is 0. The van der Waals surface area contributed by atoms with Gasteiger partial charge < -0.3 is 4.18 Å². The second-order valence-electron chi connectivity index (χ2n) is 2.72. The molecule has 0 aliphatic heterocycles. The van der Waals surface area contributed by atoms with E-state index in [9.17, 15) is 26.0 Å². The lowest BCUT2D eigenvalue weighted by Crippen LogP contribution is -2.20. The van der Waals surface area contributed by atoms with Crippen molar-refractivity contribution in [2.24, 2.45) is 5.14 Å². The van der Waals surface area contributed by atoms with Crippen LogP contribution >= 0.6 is 0 Å². The maximum atomic E-state index is 12.9. The van der Waals surface area contributed by atoms with Crippen LogP contribution in [0.3, 0.4) is 0 Å². The molecule has 0 heterocycles. The van der Waals surface area contributed by atoms with Crippen LogP contribution in [-0.4, -0.2) is 8.42 Å². The molecular weight excluding hydrogens is 254 g/mol. The van der Waals surface area contributed by atoms with Gasteiger partial charge in [0.2, 0.25) is 0 Å². The zero-order chi connectivity index (χ0) is 12.6. The van der Waals surface area contributed by atoms with Crippen molar-refractivity contribution >= 4 is 10.3 Å². The molecule has 1 aromatic carbocycles. The van der Waals surface area contributed by atoms with E-state index in [4.69, 9.17) is 0 Å². The minimum atomic E-state index is -4.73. The van der Waals surface area contributed by atoms with E-state index in [1.165, 1.54) is 0 Å². The first-order chi connectivity index (χ1) is 7.09. The highest BCUT2D eigenvalue weighted by Gasteiger charge is 2.31. The van der Waals surface area contributed by atoms with Gasteiger partial charge in [-0.1, -0.05) is 0 Å². The molecule has 90 valence electrons. The summed E-state index contributed by atoms with van der Waals surface area (Å²) in [6.45, 7) is 0. The molecule has 0 saturated carbocycles. The van der Waals surface area contributed by atoms with Crippen LogP contribution < -0.4 is 9.32 Å². The smallest absolute Gasteiger partial charge is 0.368 e. The number of alkyl halides is 3. The fourth-order valence-electron chi connectivity index (χ4n) is 0.869. The molecule has 2 N–H and O–H groups in total. The second-order valence-corrected chi connectivity index (χ2v) is 3.87. The van der Waals surface area contributed by atoms with Crippen LogP contribution in [-0.2, 0) is 16.5 Å². The van der Waals surface area contributed by atoms with E-state index >= 15 is 0 Å². The largest absolute Gasteiger partial charge is 0.416 e. The number of hydrogen-bond acceptors (Lipinski definition) is 3. The van der Waals surface area contributed by atoms with Gasteiger partial charge in [-0.3, -0.25) is 0 Å². The lowest BCUT2D eigenvalue weighted by atomic mass is 10.2. The van der Waals surface area contributed by atoms with E-state index in [1.807, 2.05) is 0 Å². The van der Waals surface area contributed by atoms with Crippen molar-refractivity contribution in [3.8, 4) is 5.75 Å². The second kappa shape index (κ2) is 3.91. The Balaban J connectivity index is 3.20. The predicted molar refractivity (Wildman–Crippen MR) is 45.1 cm³/mol. The van der Waals surface area contributed by atoms with Gasteiger partial charge in [0, 0.05) is 0 Å². The third kappa shape index (κ3) is 3.35. The lowest BCUT2D eigenvalue weighted by Gasteiger charge is -2.09. The van der Waals surface area contributed by atoms with Crippen molar-refractivity contribution in [2.45, 2.75) is 6.18 Å². The zero-order valence-electron chi connectivity index (χ0n) is 7.45. The molecule has 0 aliphatic carbocycles. The first kappa shape index (κ1) is 12.7. The number of halogens is 4. The molecule has 9 heteroatoms. The maximum Gasteiger partial charge on any atom is 0.416 e. The molecule has 0 fully saturated rings. The number of hydrogen-bond donors (Lipinski definition) is 1. The van der Waals surface area contributed by atoms with Crippen LogP contribution in [0.15, 0.2) is 18.2 Å². The van der Waals surface area contributed by atoms with Crippen LogP contribution in [0, 0.1) is 5.82 Å². The Kier molecular flexibility index (Phi) is 3.10. The molecule has 4 nitrogen and oxygen atoms in total. The van der Waals surface area contributed by atoms with Gasteiger partial charge in [-0.2, -0.15) is 26.7 Å². The van der Waals surface area contributed by atoms with Gasteiger partial charge in [0.05, 0.1) is 5.56 Å². The van der Waals surface area contributed by atoms with Crippen molar-refractivity contribution in [3.63, 3.8) is 0 Å². The molecule has 0 spiro atoms. The predicted octanol–water partition coefficient (Wildman–Crippen LogP) is 1.43. The molecule has 0 saturated heterocycles. The van der Waals surface area contributed by atoms with E-state index in [0.717, 1.165) is 0 Å². The van der Waals surface area contributed by atoms with Crippen LogP contribution in [0.4, 0.5) is 17.6 Å². The normalized spacial score (nSPS) is 12.6. The number of benzene rings is 1. The molecule has 1 aromatic rings. The van der Waals surface area contributed by atoms with E-state index in [2.05, 4.69) is 9.32 Å². The average molecular weight is 259 g/mol. The summed E-state index contributed by atoms with van der Waals surface area (Å²) in [6, 6.07) is 1.09. The van der Waals surface area contributed by atoms with Crippen molar-refractivity contribution in [3.05, 3.63) is 29.6 Å². The zero-order valence-corrected chi connectivity index (χ0v) is 8.27. The summed E-state index contributed by atoms with van der Waals surface area (Å²) in [5.74, 6) is -2.36. The molecule has 16 heavy (non-hydrogen) atoms. The third-order valence-corrected chi connectivity index (χ3v) is 1.88. The molecule has 0 bridgehead atoms. The van der Waals surface area contributed by atoms with Gasteiger partial charge in [0.25, 0.3) is 0 Å². The Morgan fingerprint density at radius 3 is 2.25 bits per heavy atom. The quantitative estimate of drug-likeness (QED) is 0.817. The van der Waals surface area contributed by atoms with Crippen LogP contribution in [0.25, 0.3) is 0 Å². The lowest BCUT2D eigenvalue weighted by molar-refractivity contribution is -0.137. The summed E-state index contributed by atoms with van der Waals surface area (Å²) < 4.78 is 74.1. The minimum absolute atomic E-state index is 0.208. The minimum Gasteiger partial charge on any atom is -0.368 e. The highest BCUT2D eigenvalue weighted by atomic mass is 32.2. The molecule has 0 radical (unpaired) electrons. The van der Waals surface area contributed by atoms with Gasteiger partial charge in [0.15, 0.2) is 11.6 Å². The van der Waals surface area contributed by atoms with Gasteiger partial charge in [-0.15, -0.1) is 0 Å². The van der Waals surface area contributed by atoms with Gasteiger partial charge in [-0.05, 0) is 18.2 Å². The van der Waals surface area contributed by atoms with Crippen LogP contribution in [0.1, 0.15) is 5.56 Å². The Morgan fingerprint density at radius 2 is 1.81 bits per heavy atom. The summed E-state index contributed by atoms with van der Waals surface area (Å²) >= 11 is 0. The fraction of sp³-hybridized carbons (Fsp3) is 0.143. The summed E-state index contributed by atoms with van der Waals surface area (Å²) in [5.41, 5.74) is -1.24. The molecule has 0 amide bonds. The van der Waals surface area contributed by atoms with Crippen molar-refractivity contribution in [1.29, 1.82) is 0 Å². The Morgan fingerprint density at radius 1 is 1.25 bits per heavy atom. The summed E-state index contributed by atoms with van der Waals surface area (Å²) in [5, 5.41) is 4.40. The van der Waals surface area contributed by atoms with E-state index < -0.39 is 33.6 Å². The molecule has 0 aromatic heterocycles. The monoisotopic (exact) mass is 259 g/mol. The molecular formula is C7H5F4NO3S. The first-order valence-corrected chi connectivity index (χ1v) is 5.16.